The fraction of sp³-hybridized carbons (Fsp3) is 0.304. The van der Waals surface area contributed by atoms with Crippen molar-refractivity contribution in [2.75, 3.05) is 0 Å². The largest absolute Gasteiger partial charge is 0.490 e. The minimum absolute atomic E-state index is 0.0256. The second kappa shape index (κ2) is 8.10. The van der Waals surface area contributed by atoms with Gasteiger partial charge in [-0.1, -0.05) is 19.9 Å². The molecule has 0 spiro atoms. The molecule has 4 rings (SSSR count). The Morgan fingerprint density at radius 2 is 2.07 bits per heavy atom. The molecule has 1 aliphatic heterocycles. The second-order valence-corrected chi connectivity index (χ2v) is 7.88. The lowest BCUT2D eigenvalue weighted by Crippen LogP contribution is -2.33. The molecular weight excluding hydrogens is 380 g/mol. The van der Waals surface area contributed by atoms with Crippen LogP contribution in [0.25, 0.3) is 11.5 Å². The smallest absolute Gasteiger partial charge is 0.251 e. The highest BCUT2D eigenvalue weighted by atomic mass is 16.5. The molecule has 30 heavy (non-hydrogen) atoms. The van der Waals surface area contributed by atoms with Gasteiger partial charge in [-0.2, -0.15) is 0 Å². The summed E-state index contributed by atoms with van der Waals surface area (Å²) in [6.07, 6.45) is 2.54. The quantitative estimate of drug-likeness (QED) is 0.680. The van der Waals surface area contributed by atoms with E-state index in [1.165, 1.54) is 6.07 Å². The molecule has 3 heterocycles. The maximum atomic E-state index is 13.0. The molecule has 1 aliphatic rings. The molecule has 2 N–H and O–H groups in total. The van der Waals surface area contributed by atoms with Crippen LogP contribution < -0.4 is 15.6 Å². The molecule has 154 valence electrons. The third-order valence-electron chi connectivity index (χ3n) is 5.10. The van der Waals surface area contributed by atoms with E-state index in [4.69, 9.17) is 4.74 Å². The molecule has 0 bridgehead atoms. The number of carbonyl (C=O) groups is 1. The van der Waals surface area contributed by atoms with Gasteiger partial charge in [-0.25, -0.2) is 4.98 Å². The number of rotatable bonds is 5. The Morgan fingerprint density at radius 1 is 1.23 bits per heavy atom. The summed E-state index contributed by atoms with van der Waals surface area (Å²) >= 11 is 0. The monoisotopic (exact) mass is 404 g/mol. The van der Waals surface area contributed by atoms with Gasteiger partial charge in [-0.3, -0.25) is 14.6 Å². The van der Waals surface area contributed by atoms with Gasteiger partial charge in [0.15, 0.2) is 5.82 Å². The van der Waals surface area contributed by atoms with Crippen molar-refractivity contribution in [1.29, 1.82) is 0 Å². The number of H-pyrrole nitrogens is 1. The van der Waals surface area contributed by atoms with Gasteiger partial charge in [0.05, 0.1) is 11.7 Å². The van der Waals surface area contributed by atoms with Crippen molar-refractivity contribution < 1.29 is 9.53 Å². The first-order valence-corrected chi connectivity index (χ1v) is 10.0. The number of carbonyl (C=O) groups excluding carboxylic acids is 1. The molecule has 0 saturated heterocycles. The molecule has 0 radical (unpaired) electrons. The summed E-state index contributed by atoms with van der Waals surface area (Å²) in [7, 11) is 0. The summed E-state index contributed by atoms with van der Waals surface area (Å²) in [5, 5.41) is 3.04. The molecule has 3 aromatic rings. The van der Waals surface area contributed by atoms with Gasteiger partial charge in [0.2, 0.25) is 0 Å². The highest BCUT2D eigenvalue weighted by Crippen LogP contribution is 2.30. The van der Waals surface area contributed by atoms with Crippen molar-refractivity contribution in [3.05, 3.63) is 75.8 Å². The van der Waals surface area contributed by atoms with Gasteiger partial charge in [0, 0.05) is 24.2 Å². The molecule has 7 nitrogen and oxygen atoms in total. The van der Waals surface area contributed by atoms with E-state index in [1.54, 1.807) is 24.4 Å². The third-order valence-corrected chi connectivity index (χ3v) is 5.10. The lowest BCUT2D eigenvalue weighted by atomic mass is 9.99. The van der Waals surface area contributed by atoms with Crippen LogP contribution >= 0.6 is 0 Å². The molecule has 7 heteroatoms. The van der Waals surface area contributed by atoms with Gasteiger partial charge >= 0.3 is 0 Å². The lowest BCUT2D eigenvalue weighted by Gasteiger charge is -2.22. The summed E-state index contributed by atoms with van der Waals surface area (Å²) in [5.41, 5.74) is 2.37. The number of nitrogens with zero attached hydrogens (tertiary/aromatic N) is 2. The predicted octanol–water partition coefficient (Wildman–Crippen LogP) is 3.28. The first-order chi connectivity index (χ1) is 14.4. The first kappa shape index (κ1) is 19.8. The zero-order chi connectivity index (χ0) is 21.3. The topological polar surface area (TPSA) is 97.0 Å². The van der Waals surface area contributed by atoms with Crippen LogP contribution in [0.2, 0.25) is 0 Å². The molecule has 0 unspecified atom stereocenters. The average molecular weight is 404 g/mol. The number of hydrogen-bond acceptors (Lipinski definition) is 5. The normalized spacial score (nSPS) is 16.1. The number of benzene rings is 1. The third kappa shape index (κ3) is 4.10. The van der Waals surface area contributed by atoms with E-state index in [0.29, 0.717) is 22.8 Å². The second-order valence-electron chi connectivity index (χ2n) is 7.88. The minimum atomic E-state index is -0.425. The molecule has 0 saturated carbocycles. The van der Waals surface area contributed by atoms with Crippen LogP contribution in [-0.4, -0.2) is 27.0 Å². The Kier molecular flexibility index (Phi) is 5.35. The summed E-state index contributed by atoms with van der Waals surface area (Å²) in [6.45, 7) is 5.96. The molecule has 2 aromatic heterocycles. The highest BCUT2D eigenvalue weighted by molar-refractivity contribution is 5.95. The fourth-order valence-electron chi connectivity index (χ4n) is 3.63. The summed E-state index contributed by atoms with van der Waals surface area (Å²) in [4.78, 5) is 36.8. The number of amides is 1. The van der Waals surface area contributed by atoms with Crippen LogP contribution in [0.15, 0.2) is 53.5 Å². The van der Waals surface area contributed by atoms with Crippen molar-refractivity contribution in [3.63, 3.8) is 0 Å². The van der Waals surface area contributed by atoms with Crippen LogP contribution in [0, 0.1) is 5.92 Å². The number of aromatic nitrogens is 3. The highest BCUT2D eigenvalue weighted by Gasteiger charge is 2.24. The number of pyridine rings is 1. The zero-order valence-electron chi connectivity index (χ0n) is 17.2. The van der Waals surface area contributed by atoms with Gasteiger partial charge in [0.1, 0.15) is 17.5 Å². The molecule has 2 atom stereocenters. The molecule has 0 fully saturated rings. The van der Waals surface area contributed by atoms with E-state index < -0.39 is 6.04 Å². The summed E-state index contributed by atoms with van der Waals surface area (Å²) < 4.78 is 5.71. The SMILES string of the molecule is CC(C)[C@@H](NC(=O)c1ccc2c(c1)C[C@@H](C)O2)c1cc(=O)[nH]c(-c2ccccn2)n1. The Morgan fingerprint density at radius 3 is 2.80 bits per heavy atom. The van der Waals surface area contributed by atoms with Gasteiger partial charge < -0.3 is 15.0 Å². The number of hydrogen-bond donors (Lipinski definition) is 2. The van der Waals surface area contributed by atoms with Crippen molar-refractivity contribution in [3.8, 4) is 17.3 Å². The van der Waals surface area contributed by atoms with E-state index in [1.807, 2.05) is 39.0 Å². The Balaban J connectivity index is 1.62. The molecule has 1 amide bonds. The maximum Gasteiger partial charge on any atom is 0.251 e. The summed E-state index contributed by atoms with van der Waals surface area (Å²) in [6, 6.07) is 11.9. The number of aromatic amines is 1. The van der Waals surface area contributed by atoms with Crippen LogP contribution in [0.1, 0.15) is 48.4 Å². The van der Waals surface area contributed by atoms with Crippen molar-refractivity contribution >= 4 is 5.91 Å². The van der Waals surface area contributed by atoms with Gasteiger partial charge in [0.25, 0.3) is 11.5 Å². The van der Waals surface area contributed by atoms with Crippen molar-refractivity contribution in [2.24, 2.45) is 5.92 Å². The van der Waals surface area contributed by atoms with Crippen LogP contribution in [0.4, 0.5) is 0 Å². The van der Waals surface area contributed by atoms with Gasteiger partial charge in [-0.15, -0.1) is 0 Å². The molecule has 0 aliphatic carbocycles. The van der Waals surface area contributed by atoms with Crippen LogP contribution in [-0.2, 0) is 6.42 Å². The van der Waals surface area contributed by atoms with Crippen molar-refractivity contribution in [2.45, 2.75) is 39.3 Å². The number of nitrogens with one attached hydrogen (secondary N) is 2. The Labute approximate surface area is 174 Å². The standard InChI is InChI=1S/C23H24N4O3/c1-13(2)21(18-12-20(28)26-22(25-18)17-6-4-5-9-24-17)27-23(29)15-7-8-19-16(11-15)10-14(3)30-19/h4-9,11-14,21H,10H2,1-3H3,(H,27,29)(H,25,26,28)/t14-,21-/m1/s1. The lowest BCUT2D eigenvalue weighted by molar-refractivity contribution is 0.0924. The Bertz CT molecular complexity index is 1120. The van der Waals surface area contributed by atoms with Gasteiger partial charge in [-0.05, 0) is 48.7 Å². The van der Waals surface area contributed by atoms with Crippen molar-refractivity contribution in [1.82, 2.24) is 20.3 Å². The predicted molar refractivity (Wildman–Crippen MR) is 113 cm³/mol. The fourth-order valence-corrected chi connectivity index (χ4v) is 3.63. The Hall–Kier alpha value is -3.48. The van der Waals surface area contributed by atoms with Crippen LogP contribution in [0.3, 0.4) is 0 Å². The van der Waals surface area contributed by atoms with Crippen LogP contribution in [0.5, 0.6) is 5.75 Å². The van der Waals surface area contributed by atoms with E-state index >= 15 is 0 Å². The molecular formula is C23H24N4O3. The maximum absolute atomic E-state index is 13.0. The molecule has 1 aromatic carbocycles. The van der Waals surface area contributed by atoms with E-state index in [-0.39, 0.29) is 23.5 Å². The van der Waals surface area contributed by atoms with E-state index in [0.717, 1.165) is 17.7 Å². The van der Waals surface area contributed by atoms with E-state index in [2.05, 4.69) is 20.3 Å². The zero-order valence-corrected chi connectivity index (χ0v) is 17.2. The average Bonchev–Trinajstić information content (AvgIpc) is 3.11. The van der Waals surface area contributed by atoms with E-state index in [9.17, 15) is 9.59 Å². The minimum Gasteiger partial charge on any atom is -0.490 e. The number of fused-ring (bicyclic) bond motifs is 1. The number of ether oxygens (including phenoxy) is 1. The first-order valence-electron chi connectivity index (χ1n) is 10.0. The summed E-state index contributed by atoms with van der Waals surface area (Å²) in [5.74, 6) is 1.02.